The predicted octanol–water partition coefficient (Wildman–Crippen LogP) is 2.27. The van der Waals surface area contributed by atoms with Crippen molar-refractivity contribution < 1.29 is 18.7 Å². The molecular formula is C17H23N3O4. The molecule has 0 amide bonds. The van der Waals surface area contributed by atoms with Gasteiger partial charge in [0.1, 0.15) is 11.5 Å². The van der Waals surface area contributed by atoms with Crippen molar-refractivity contribution in [1.82, 2.24) is 15.0 Å². The van der Waals surface area contributed by atoms with Crippen molar-refractivity contribution >= 4 is 0 Å². The number of nitrogens with zero attached hydrogens (tertiary/aromatic N) is 3. The number of methoxy groups -OCH3 is 1. The Labute approximate surface area is 141 Å². The van der Waals surface area contributed by atoms with E-state index in [0.29, 0.717) is 24.3 Å². The number of ether oxygens (including phenoxy) is 3. The zero-order valence-corrected chi connectivity index (χ0v) is 14.3. The van der Waals surface area contributed by atoms with Crippen LogP contribution in [0.4, 0.5) is 0 Å². The number of hydrogen-bond acceptors (Lipinski definition) is 7. The number of aromatic nitrogens is 2. The maximum atomic E-state index is 5.66. The topological polar surface area (TPSA) is 69.9 Å². The van der Waals surface area contributed by atoms with Crippen molar-refractivity contribution in [2.45, 2.75) is 39.1 Å². The highest BCUT2D eigenvalue weighted by molar-refractivity contribution is 5.31. The second-order valence-electron chi connectivity index (χ2n) is 5.99. The van der Waals surface area contributed by atoms with E-state index in [1.54, 1.807) is 7.11 Å². The molecule has 0 spiro atoms. The van der Waals surface area contributed by atoms with Crippen molar-refractivity contribution in [2.24, 2.45) is 0 Å². The molecule has 1 aromatic heterocycles. The molecule has 1 aliphatic heterocycles. The van der Waals surface area contributed by atoms with Gasteiger partial charge in [-0.3, -0.25) is 4.90 Å². The van der Waals surface area contributed by atoms with Gasteiger partial charge in [0.25, 0.3) is 0 Å². The first-order valence-corrected chi connectivity index (χ1v) is 8.08. The fourth-order valence-electron chi connectivity index (χ4n) is 2.60. The molecule has 2 atom stereocenters. The van der Waals surface area contributed by atoms with Crippen LogP contribution in [0.1, 0.15) is 25.6 Å². The van der Waals surface area contributed by atoms with E-state index in [0.717, 1.165) is 24.7 Å². The van der Waals surface area contributed by atoms with Gasteiger partial charge in [-0.2, -0.15) is 4.98 Å². The third-order valence-electron chi connectivity index (χ3n) is 4.01. The summed E-state index contributed by atoms with van der Waals surface area (Å²) in [5, 5.41) is 3.98. The van der Waals surface area contributed by atoms with E-state index in [9.17, 15) is 0 Å². The molecule has 1 aliphatic rings. The third kappa shape index (κ3) is 4.24. The van der Waals surface area contributed by atoms with Crippen LogP contribution < -0.4 is 9.47 Å². The van der Waals surface area contributed by atoms with Crippen molar-refractivity contribution in [3.63, 3.8) is 0 Å². The molecule has 3 rings (SSSR count). The van der Waals surface area contributed by atoms with Gasteiger partial charge >= 0.3 is 0 Å². The molecule has 7 heteroatoms. The first-order valence-electron chi connectivity index (χ1n) is 8.08. The van der Waals surface area contributed by atoms with Crippen LogP contribution in [0, 0.1) is 0 Å². The lowest BCUT2D eigenvalue weighted by Gasteiger charge is -2.35. The molecular weight excluding hydrogens is 310 g/mol. The van der Waals surface area contributed by atoms with E-state index in [2.05, 4.69) is 28.9 Å². The van der Waals surface area contributed by atoms with Crippen LogP contribution in [-0.2, 0) is 17.9 Å². The zero-order chi connectivity index (χ0) is 16.9. The molecule has 2 aromatic rings. The summed E-state index contributed by atoms with van der Waals surface area (Å²) in [6, 6.07) is 7.72. The number of hydrogen-bond donors (Lipinski definition) is 0. The van der Waals surface area contributed by atoms with Crippen molar-refractivity contribution in [3.8, 4) is 11.5 Å². The summed E-state index contributed by atoms with van der Waals surface area (Å²) in [5.74, 6) is 2.66. The molecule has 0 N–H and O–H groups in total. The van der Waals surface area contributed by atoms with Gasteiger partial charge in [0.15, 0.2) is 6.61 Å². The fourth-order valence-corrected chi connectivity index (χ4v) is 2.60. The second kappa shape index (κ2) is 7.63. The number of morpholine rings is 1. The highest BCUT2D eigenvalue weighted by Gasteiger charge is 2.25. The number of benzene rings is 1. The average molecular weight is 333 g/mol. The summed E-state index contributed by atoms with van der Waals surface area (Å²) in [6.07, 6.45) is 0.224. The SMILES string of the molecule is COc1ccc(OCc2noc(CN3C[C@@H](C)OC[C@@H]3C)n2)cc1. The van der Waals surface area contributed by atoms with Gasteiger partial charge in [-0.05, 0) is 38.1 Å². The Bertz CT molecular complexity index is 644. The van der Waals surface area contributed by atoms with Gasteiger partial charge in [-0.1, -0.05) is 5.16 Å². The fraction of sp³-hybridized carbons (Fsp3) is 0.529. The molecule has 7 nitrogen and oxygen atoms in total. The van der Waals surface area contributed by atoms with Crippen molar-refractivity contribution in [1.29, 1.82) is 0 Å². The monoisotopic (exact) mass is 333 g/mol. The van der Waals surface area contributed by atoms with Gasteiger partial charge in [0.05, 0.1) is 26.4 Å². The lowest BCUT2D eigenvalue weighted by molar-refractivity contribution is -0.0555. The van der Waals surface area contributed by atoms with Gasteiger partial charge < -0.3 is 18.7 Å². The van der Waals surface area contributed by atoms with Crippen LogP contribution in [0.15, 0.2) is 28.8 Å². The molecule has 0 unspecified atom stereocenters. The van der Waals surface area contributed by atoms with Crippen LogP contribution in [0.25, 0.3) is 0 Å². The lowest BCUT2D eigenvalue weighted by atomic mass is 10.2. The van der Waals surface area contributed by atoms with Gasteiger partial charge in [-0.25, -0.2) is 0 Å². The van der Waals surface area contributed by atoms with Crippen molar-refractivity contribution in [2.75, 3.05) is 20.3 Å². The smallest absolute Gasteiger partial charge is 0.240 e. The summed E-state index contributed by atoms with van der Waals surface area (Å²) < 4.78 is 21.7. The molecule has 1 fully saturated rings. The molecule has 0 radical (unpaired) electrons. The van der Waals surface area contributed by atoms with E-state index >= 15 is 0 Å². The van der Waals surface area contributed by atoms with E-state index in [4.69, 9.17) is 18.7 Å². The summed E-state index contributed by atoms with van der Waals surface area (Å²) in [6.45, 7) is 6.69. The van der Waals surface area contributed by atoms with Crippen LogP contribution in [0.2, 0.25) is 0 Å². The maximum Gasteiger partial charge on any atom is 0.240 e. The first kappa shape index (κ1) is 16.7. The van der Waals surface area contributed by atoms with E-state index in [1.807, 2.05) is 24.3 Å². The normalized spacial score (nSPS) is 21.6. The van der Waals surface area contributed by atoms with E-state index in [1.165, 1.54) is 0 Å². The molecule has 130 valence electrons. The Hall–Kier alpha value is -2.12. The summed E-state index contributed by atoms with van der Waals surface area (Å²) >= 11 is 0. The lowest BCUT2D eigenvalue weighted by Crippen LogP contribution is -2.46. The zero-order valence-electron chi connectivity index (χ0n) is 14.3. The number of rotatable bonds is 6. The summed E-state index contributed by atoms with van der Waals surface area (Å²) in [4.78, 5) is 6.69. The minimum absolute atomic E-state index is 0.224. The molecule has 1 saturated heterocycles. The highest BCUT2D eigenvalue weighted by atomic mass is 16.5. The Balaban J connectivity index is 1.53. The molecule has 0 aliphatic carbocycles. The van der Waals surface area contributed by atoms with Crippen molar-refractivity contribution in [3.05, 3.63) is 36.0 Å². The third-order valence-corrected chi connectivity index (χ3v) is 4.01. The quantitative estimate of drug-likeness (QED) is 0.803. The summed E-state index contributed by atoms with van der Waals surface area (Å²) in [7, 11) is 1.63. The molecule has 24 heavy (non-hydrogen) atoms. The molecule has 0 bridgehead atoms. The Kier molecular flexibility index (Phi) is 5.32. The predicted molar refractivity (Wildman–Crippen MR) is 86.9 cm³/mol. The second-order valence-corrected chi connectivity index (χ2v) is 5.99. The maximum absolute atomic E-state index is 5.66. The highest BCUT2D eigenvalue weighted by Crippen LogP contribution is 2.18. The standard InChI is InChI=1S/C17H23N3O4/c1-12-10-22-13(2)8-20(12)9-17-18-16(19-24-17)11-23-15-6-4-14(21-3)5-7-15/h4-7,12-13H,8-11H2,1-3H3/t12-,13+/m0/s1. The van der Waals surface area contributed by atoms with Gasteiger partial charge in [0.2, 0.25) is 11.7 Å². The van der Waals surface area contributed by atoms with Crippen LogP contribution in [-0.4, -0.2) is 47.4 Å². The van der Waals surface area contributed by atoms with E-state index in [-0.39, 0.29) is 12.7 Å². The largest absolute Gasteiger partial charge is 0.497 e. The minimum Gasteiger partial charge on any atom is -0.497 e. The minimum atomic E-state index is 0.224. The Morgan fingerprint density at radius 2 is 1.96 bits per heavy atom. The van der Waals surface area contributed by atoms with Gasteiger partial charge in [-0.15, -0.1) is 0 Å². The Morgan fingerprint density at radius 3 is 2.71 bits per heavy atom. The molecule has 1 aromatic carbocycles. The summed E-state index contributed by atoms with van der Waals surface area (Å²) in [5.41, 5.74) is 0. The molecule has 0 saturated carbocycles. The average Bonchev–Trinajstić information content (AvgIpc) is 3.04. The van der Waals surface area contributed by atoms with Gasteiger partial charge in [0, 0.05) is 12.6 Å². The van der Waals surface area contributed by atoms with Crippen LogP contribution >= 0.6 is 0 Å². The van der Waals surface area contributed by atoms with Crippen LogP contribution in [0.3, 0.4) is 0 Å². The molecule has 2 heterocycles. The first-order chi connectivity index (χ1) is 11.6. The van der Waals surface area contributed by atoms with Crippen LogP contribution in [0.5, 0.6) is 11.5 Å². The van der Waals surface area contributed by atoms with E-state index < -0.39 is 0 Å². The Morgan fingerprint density at radius 1 is 1.21 bits per heavy atom.